The molecule has 1 aromatic heterocycles. The van der Waals surface area contributed by atoms with Gasteiger partial charge in [0.2, 0.25) is 0 Å². The second-order valence-corrected chi connectivity index (χ2v) is 9.87. The fourth-order valence-corrected chi connectivity index (χ4v) is 4.31. The zero-order valence-corrected chi connectivity index (χ0v) is 20.5. The van der Waals surface area contributed by atoms with Gasteiger partial charge in [-0.15, -0.1) is 0 Å². The van der Waals surface area contributed by atoms with E-state index in [0.29, 0.717) is 31.5 Å². The highest BCUT2D eigenvalue weighted by molar-refractivity contribution is 6.05. The Morgan fingerprint density at radius 2 is 1.80 bits per heavy atom. The number of nitrogens with one attached hydrogen (secondary N) is 1. The van der Waals surface area contributed by atoms with E-state index in [1.54, 1.807) is 21.7 Å². The van der Waals surface area contributed by atoms with Crippen molar-refractivity contribution >= 4 is 17.7 Å². The zero-order chi connectivity index (χ0) is 25.2. The minimum atomic E-state index is -0.560. The minimum absolute atomic E-state index is 0.0157. The lowest BCUT2D eigenvalue weighted by Gasteiger charge is -2.34. The van der Waals surface area contributed by atoms with Gasteiger partial charge in [-0.2, -0.15) is 5.10 Å². The summed E-state index contributed by atoms with van der Waals surface area (Å²) in [5.74, 6) is -0.934. The third kappa shape index (κ3) is 5.70. The van der Waals surface area contributed by atoms with Gasteiger partial charge < -0.3 is 15.0 Å². The van der Waals surface area contributed by atoms with Crippen LogP contribution >= 0.6 is 0 Å². The number of carbonyl (C=O) groups excluding carboxylic acids is 2. The summed E-state index contributed by atoms with van der Waals surface area (Å²) in [5, 5.41) is 7.23. The van der Waals surface area contributed by atoms with Crippen molar-refractivity contribution in [1.29, 1.82) is 0 Å². The van der Waals surface area contributed by atoms with E-state index in [0.717, 1.165) is 16.9 Å². The molecule has 0 spiro atoms. The van der Waals surface area contributed by atoms with Crippen LogP contribution in [0.5, 0.6) is 0 Å². The molecule has 0 atom stereocenters. The molecule has 2 amide bonds. The number of piperidine rings is 1. The minimum Gasteiger partial charge on any atom is -0.444 e. The Hall–Kier alpha value is -3.68. The molecule has 7 nitrogen and oxygen atoms in total. The van der Waals surface area contributed by atoms with Crippen LogP contribution in [0.3, 0.4) is 0 Å². The molecule has 2 heterocycles. The number of rotatable bonds is 4. The van der Waals surface area contributed by atoms with Gasteiger partial charge in [0.05, 0.1) is 28.8 Å². The van der Waals surface area contributed by atoms with E-state index in [2.05, 4.69) is 10.4 Å². The molecule has 1 aliphatic heterocycles. The Labute approximate surface area is 204 Å². The summed E-state index contributed by atoms with van der Waals surface area (Å²) in [5.41, 5.74) is 2.63. The molecular weight excluding hydrogens is 447 g/mol. The van der Waals surface area contributed by atoms with E-state index < -0.39 is 17.3 Å². The molecule has 0 aliphatic carbocycles. The summed E-state index contributed by atoms with van der Waals surface area (Å²) < 4.78 is 21.5. The third-order valence-corrected chi connectivity index (χ3v) is 5.95. The largest absolute Gasteiger partial charge is 0.444 e. The number of para-hydroxylation sites is 1. The van der Waals surface area contributed by atoms with Crippen LogP contribution in [-0.2, 0) is 4.74 Å². The number of hydrogen-bond acceptors (Lipinski definition) is 4. The van der Waals surface area contributed by atoms with Crippen LogP contribution in [0.1, 0.15) is 61.1 Å². The van der Waals surface area contributed by atoms with Crippen molar-refractivity contribution in [3.8, 4) is 5.69 Å². The monoisotopic (exact) mass is 478 g/mol. The van der Waals surface area contributed by atoms with Gasteiger partial charge in [0.25, 0.3) is 5.91 Å². The van der Waals surface area contributed by atoms with E-state index in [4.69, 9.17) is 4.74 Å². The summed E-state index contributed by atoms with van der Waals surface area (Å²) in [4.78, 5) is 27.5. The van der Waals surface area contributed by atoms with E-state index in [1.807, 2.05) is 52.0 Å². The number of hydrogen-bond donors (Lipinski definition) is 1. The number of carbonyl (C=O) groups is 2. The first-order chi connectivity index (χ1) is 16.6. The van der Waals surface area contributed by atoms with Crippen molar-refractivity contribution in [3.63, 3.8) is 0 Å². The second kappa shape index (κ2) is 9.90. The average Bonchev–Trinajstić information content (AvgIpc) is 3.25. The first kappa shape index (κ1) is 24.4. The number of halogens is 1. The molecular formula is C27H31FN4O3. The second-order valence-electron chi connectivity index (χ2n) is 9.87. The topological polar surface area (TPSA) is 76.5 Å². The van der Waals surface area contributed by atoms with Crippen molar-refractivity contribution in [3.05, 3.63) is 77.4 Å². The van der Waals surface area contributed by atoms with Gasteiger partial charge in [0.15, 0.2) is 0 Å². The standard InChI is InChI=1S/C27H31FN4O3/c1-18-8-7-9-20(16-18)32-24(19-12-14-31(15-13-19)26(34)35-27(2,3)4)21(17-29-32)25(33)30-23-11-6-5-10-22(23)28/h5-11,16-17,19H,12-15H2,1-4H3,(H,30,33). The highest BCUT2D eigenvalue weighted by atomic mass is 19.1. The van der Waals surface area contributed by atoms with Crippen LogP contribution < -0.4 is 5.32 Å². The first-order valence-electron chi connectivity index (χ1n) is 11.8. The van der Waals surface area contributed by atoms with Crippen LogP contribution in [-0.4, -0.2) is 45.4 Å². The maximum Gasteiger partial charge on any atom is 0.410 e. The predicted molar refractivity (Wildman–Crippen MR) is 132 cm³/mol. The average molecular weight is 479 g/mol. The molecule has 184 valence electrons. The SMILES string of the molecule is Cc1cccc(-n2ncc(C(=O)Nc3ccccc3F)c2C2CCN(C(=O)OC(C)(C)C)CC2)c1. The first-order valence-corrected chi connectivity index (χ1v) is 11.8. The smallest absolute Gasteiger partial charge is 0.410 e. The van der Waals surface area contributed by atoms with E-state index in [1.165, 1.54) is 18.3 Å². The van der Waals surface area contributed by atoms with Crippen LogP contribution in [0.4, 0.5) is 14.9 Å². The lowest BCUT2D eigenvalue weighted by Crippen LogP contribution is -2.41. The number of anilines is 1. The highest BCUT2D eigenvalue weighted by Crippen LogP contribution is 2.33. The summed E-state index contributed by atoms with van der Waals surface area (Å²) in [6.07, 6.45) is 2.50. The molecule has 4 rings (SSSR count). The summed E-state index contributed by atoms with van der Waals surface area (Å²) >= 11 is 0. The number of likely N-dealkylation sites (tertiary alicyclic amines) is 1. The van der Waals surface area contributed by atoms with Gasteiger partial charge in [-0.1, -0.05) is 24.3 Å². The number of amides is 2. The third-order valence-electron chi connectivity index (χ3n) is 5.95. The molecule has 1 fully saturated rings. The number of nitrogens with zero attached hydrogens (tertiary/aromatic N) is 3. The maximum atomic E-state index is 14.2. The van der Waals surface area contributed by atoms with Gasteiger partial charge in [0.1, 0.15) is 11.4 Å². The Morgan fingerprint density at radius 1 is 1.09 bits per heavy atom. The van der Waals surface area contributed by atoms with Crippen molar-refractivity contribution in [2.45, 2.75) is 52.1 Å². The fraction of sp³-hybridized carbons (Fsp3) is 0.370. The number of aromatic nitrogens is 2. The Bertz CT molecular complexity index is 1220. The quantitative estimate of drug-likeness (QED) is 0.523. The van der Waals surface area contributed by atoms with Gasteiger partial charge in [-0.25, -0.2) is 13.9 Å². The van der Waals surface area contributed by atoms with Gasteiger partial charge in [0, 0.05) is 19.0 Å². The van der Waals surface area contributed by atoms with Crippen molar-refractivity contribution in [2.75, 3.05) is 18.4 Å². The molecule has 1 saturated heterocycles. The van der Waals surface area contributed by atoms with Crippen LogP contribution in [0.15, 0.2) is 54.7 Å². The maximum absolute atomic E-state index is 14.2. The number of aryl methyl sites for hydroxylation is 1. The van der Waals surface area contributed by atoms with Crippen molar-refractivity contribution < 1.29 is 18.7 Å². The van der Waals surface area contributed by atoms with Crippen LogP contribution in [0.2, 0.25) is 0 Å². The zero-order valence-electron chi connectivity index (χ0n) is 20.5. The molecule has 1 aliphatic rings. The summed E-state index contributed by atoms with van der Waals surface area (Å²) in [6.45, 7) is 8.55. The normalized spacial score (nSPS) is 14.6. The molecule has 1 N–H and O–H groups in total. The Balaban J connectivity index is 1.63. The predicted octanol–water partition coefficient (Wildman–Crippen LogP) is 5.69. The van der Waals surface area contributed by atoms with E-state index >= 15 is 0 Å². The molecule has 3 aromatic rings. The van der Waals surface area contributed by atoms with Crippen molar-refractivity contribution in [2.24, 2.45) is 0 Å². The Morgan fingerprint density at radius 3 is 2.46 bits per heavy atom. The molecule has 0 unspecified atom stereocenters. The van der Waals surface area contributed by atoms with Crippen molar-refractivity contribution in [1.82, 2.24) is 14.7 Å². The molecule has 0 saturated carbocycles. The number of ether oxygens (including phenoxy) is 1. The van der Waals surface area contributed by atoms with Gasteiger partial charge in [-0.3, -0.25) is 4.79 Å². The van der Waals surface area contributed by atoms with Crippen LogP contribution in [0, 0.1) is 12.7 Å². The molecule has 0 bridgehead atoms. The lowest BCUT2D eigenvalue weighted by molar-refractivity contribution is 0.0203. The summed E-state index contributed by atoms with van der Waals surface area (Å²) in [6, 6.07) is 14.0. The molecule has 8 heteroatoms. The van der Waals surface area contributed by atoms with Crippen LogP contribution in [0.25, 0.3) is 5.69 Å². The summed E-state index contributed by atoms with van der Waals surface area (Å²) in [7, 11) is 0. The van der Waals surface area contributed by atoms with E-state index in [-0.39, 0.29) is 17.7 Å². The number of benzene rings is 2. The van der Waals surface area contributed by atoms with Gasteiger partial charge in [-0.05, 0) is 70.4 Å². The molecule has 2 aromatic carbocycles. The fourth-order valence-electron chi connectivity index (χ4n) is 4.31. The lowest BCUT2D eigenvalue weighted by atomic mass is 9.90. The Kier molecular flexibility index (Phi) is 6.91. The van der Waals surface area contributed by atoms with E-state index in [9.17, 15) is 14.0 Å². The molecule has 0 radical (unpaired) electrons. The highest BCUT2D eigenvalue weighted by Gasteiger charge is 2.32. The molecule has 35 heavy (non-hydrogen) atoms. The van der Waals surface area contributed by atoms with Gasteiger partial charge >= 0.3 is 6.09 Å².